The third kappa shape index (κ3) is 7.91. The van der Waals surface area contributed by atoms with Gasteiger partial charge in [0.25, 0.3) is 0 Å². The van der Waals surface area contributed by atoms with Gasteiger partial charge in [0.2, 0.25) is 11.8 Å². The minimum absolute atomic E-state index is 0.0610. The summed E-state index contributed by atoms with van der Waals surface area (Å²) in [7, 11) is -1.43. The molecule has 2 amide bonds. The Balaban J connectivity index is 2.41. The van der Waals surface area contributed by atoms with Crippen molar-refractivity contribution in [1.82, 2.24) is 14.5 Å². The third-order valence-corrected chi connectivity index (χ3v) is 7.32. The first kappa shape index (κ1) is 28.5. The minimum Gasteiger partial charge on any atom is -0.354 e. The highest BCUT2D eigenvalue weighted by atomic mass is 35.5. The molecule has 192 valence electrons. The normalized spacial score (nSPS) is 12.5. The van der Waals surface area contributed by atoms with Crippen molar-refractivity contribution >= 4 is 39.3 Å². The molecule has 0 saturated carbocycles. The molecule has 1 atom stereocenters. The van der Waals surface area contributed by atoms with E-state index in [4.69, 9.17) is 11.6 Å². The molecule has 35 heavy (non-hydrogen) atoms. The largest absolute Gasteiger partial charge is 0.354 e. The van der Waals surface area contributed by atoms with Gasteiger partial charge in [-0.1, -0.05) is 37.6 Å². The van der Waals surface area contributed by atoms with Gasteiger partial charge in [0.1, 0.15) is 18.4 Å². The molecular formula is C24H32ClFN4O4S. The summed E-state index contributed by atoms with van der Waals surface area (Å²) in [5.41, 5.74) is 0.840. The van der Waals surface area contributed by atoms with Crippen molar-refractivity contribution in [2.75, 3.05) is 31.5 Å². The molecule has 0 radical (unpaired) electrons. The average Bonchev–Trinajstić information content (AvgIpc) is 2.80. The number of hydrogen-bond donors (Lipinski definition) is 1. The van der Waals surface area contributed by atoms with Gasteiger partial charge in [-0.05, 0) is 54.8 Å². The lowest BCUT2D eigenvalue weighted by molar-refractivity contribution is -0.139. The number of anilines is 1. The molecule has 0 fully saturated rings. The Morgan fingerprint density at radius 2 is 1.57 bits per heavy atom. The monoisotopic (exact) mass is 526 g/mol. The maximum Gasteiger partial charge on any atom is 0.304 e. The second-order valence-electron chi connectivity index (χ2n) is 8.74. The number of nitrogens with zero attached hydrogens (tertiary/aromatic N) is 3. The fourth-order valence-corrected chi connectivity index (χ4v) is 4.33. The molecule has 0 spiro atoms. The molecule has 0 aliphatic rings. The second kappa shape index (κ2) is 12.3. The van der Waals surface area contributed by atoms with E-state index in [2.05, 4.69) is 5.32 Å². The summed E-state index contributed by atoms with van der Waals surface area (Å²) in [4.78, 5) is 27.7. The first-order chi connectivity index (χ1) is 16.3. The highest BCUT2D eigenvalue weighted by molar-refractivity contribution is 7.90. The van der Waals surface area contributed by atoms with Crippen LogP contribution < -0.4 is 9.62 Å². The highest BCUT2D eigenvalue weighted by Gasteiger charge is 2.32. The summed E-state index contributed by atoms with van der Waals surface area (Å²) in [6, 6.07) is 10.7. The molecule has 0 aliphatic carbocycles. The molecule has 11 heteroatoms. The Kier molecular flexibility index (Phi) is 10.1. The molecule has 8 nitrogen and oxygen atoms in total. The van der Waals surface area contributed by atoms with Crippen molar-refractivity contribution in [2.24, 2.45) is 5.92 Å². The zero-order valence-electron chi connectivity index (χ0n) is 20.5. The van der Waals surface area contributed by atoms with Crippen molar-refractivity contribution in [3.8, 4) is 0 Å². The van der Waals surface area contributed by atoms with E-state index >= 15 is 0 Å². The number of carbonyl (C=O) groups is 2. The van der Waals surface area contributed by atoms with Crippen LogP contribution >= 0.6 is 11.6 Å². The van der Waals surface area contributed by atoms with Crippen molar-refractivity contribution in [2.45, 2.75) is 33.4 Å². The van der Waals surface area contributed by atoms with Crippen LogP contribution in [-0.4, -0.2) is 62.7 Å². The summed E-state index contributed by atoms with van der Waals surface area (Å²) in [5, 5.41) is 3.34. The first-order valence-electron chi connectivity index (χ1n) is 11.1. The predicted molar refractivity (Wildman–Crippen MR) is 136 cm³/mol. The maximum absolute atomic E-state index is 13.5. The molecule has 0 bridgehead atoms. The smallest absolute Gasteiger partial charge is 0.304 e. The minimum atomic E-state index is -4.10. The third-order valence-electron chi connectivity index (χ3n) is 5.25. The SMILES string of the molecule is CC(C)CNC(=O)C(C)N(Cc1ccc(Cl)cc1)C(=O)CN(c1ccc(F)cc1)S(=O)(=O)N(C)C. The van der Waals surface area contributed by atoms with Crippen LogP contribution in [-0.2, 0) is 26.3 Å². The number of amides is 2. The standard InChI is InChI=1S/C24H32ClFN4O4S/c1-17(2)14-27-24(32)18(3)29(15-19-6-8-20(25)9-7-19)23(31)16-30(35(33,34)28(4)5)22-12-10-21(26)11-13-22/h6-13,17-18H,14-16H2,1-5H3,(H,27,32). The van der Waals surface area contributed by atoms with Gasteiger partial charge in [0.15, 0.2) is 0 Å². The topological polar surface area (TPSA) is 90.0 Å². The second-order valence-corrected chi connectivity index (χ2v) is 11.2. The summed E-state index contributed by atoms with van der Waals surface area (Å²) < 4.78 is 41.4. The zero-order valence-corrected chi connectivity index (χ0v) is 22.1. The lowest BCUT2D eigenvalue weighted by Crippen LogP contribution is -2.52. The van der Waals surface area contributed by atoms with Crippen LogP contribution in [0.25, 0.3) is 0 Å². The van der Waals surface area contributed by atoms with Crippen LogP contribution in [0.3, 0.4) is 0 Å². The molecular weight excluding hydrogens is 495 g/mol. The van der Waals surface area contributed by atoms with Crippen LogP contribution in [0, 0.1) is 11.7 Å². The van der Waals surface area contributed by atoms with Gasteiger partial charge in [-0.25, -0.2) is 8.70 Å². The number of hydrogen-bond acceptors (Lipinski definition) is 4. The Morgan fingerprint density at radius 1 is 1.00 bits per heavy atom. The van der Waals surface area contributed by atoms with Crippen molar-refractivity contribution < 1.29 is 22.4 Å². The molecule has 2 rings (SSSR count). The van der Waals surface area contributed by atoms with E-state index in [1.807, 2.05) is 13.8 Å². The fraction of sp³-hybridized carbons (Fsp3) is 0.417. The first-order valence-corrected chi connectivity index (χ1v) is 12.9. The molecule has 1 N–H and O–H groups in total. The van der Waals surface area contributed by atoms with Gasteiger partial charge in [0.05, 0.1) is 5.69 Å². The number of nitrogens with one attached hydrogen (secondary N) is 1. The Morgan fingerprint density at radius 3 is 2.09 bits per heavy atom. The van der Waals surface area contributed by atoms with Gasteiger partial charge >= 0.3 is 10.2 Å². The fourth-order valence-electron chi connectivity index (χ4n) is 3.15. The lowest BCUT2D eigenvalue weighted by atomic mass is 10.1. The summed E-state index contributed by atoms with van der Waals surface area (Å²) in [6.45, 7) is 5.41. The average molecular weight is 527 g/mol. The Hall–Kier alpha value is -2.69. The zero-order chi connectivity index (χ0) is 26.3. The number of halogens is 2. The Labute approximate surface area is 211 Å². The lowest BCUT2D eigenvalue weighted by Gasteiger charge is -2.33. The van der Waals surface area contributed by atoms with Gasteiger partial charge < -0.3 is 10.2 Å². The van der Waals surface area contributed by atoms with Crippen LogP contribution in [0.15, 0.2) is 48.5 Å². The highest BCUT2D eigenvalue weighted by Crippen LogP contribution is 2.21. The van der Waals surface area contributed by atoms with Gasteiger partial charge in [0, 0.05) is 32.2 Å². The van der Waals surface area contributed by atoms with E-state index in [0.717, 1.165) is 26.3 Å². The van der Waals surface area contributed by atoms with E-state index in [1.165, 1.54) is 31.1 Å². The summed E-state index contributed by atoms with van der Waals surface area (Å²) in [6.07, 6.45) is 0. The van der Waals surface area contributed by atoms with Crippen LogP contribution in [0.1, 0.15) is 26.3 Å². The van der Waals surface area contributed by atoms with Gasteiger partial charge in [-0.15, -0.1) is 0 Å². The summed E-state index contributed by atoms with van der Waals surface area (Å²) in [5.74, 6) is -1.28. The number of carbonyl (C=O) groups excluding carboxylic acids is 2. The van der Waals surface area contributed by atoms with Crippen LogP contribution in [0.4, 0.5) is 10.1 Å². The molecule has 2 aromatic carbocycles. The van der Waals surface area contributed by atoms with Gasteiger partial charge in [-0.2, -0.15) is 12.7 Å². The van der Waals surface area contributed by atoms with E-state index in [0.29, 0.717) is 11.6 Å². The van der Waals surface area contributed by atoms with Gasteiger partial charge in [-0.3, -0.25) is 9.59 Å². The van der Waals surface area contributed by atoms with E-state index in [-0.39, 0.29) is 24.1 Å². The number of benzene rings is 2. The Bertz CT molecular complexity index is 1110. The summed E-state index contributed by atoms with van der Waals surface area (Å²) >= 11 is 5.97. The molecule has 0 heterocycles. The van der Waals surface area contributed by atoms with Crippen LogP contribution in [0.5, 0.6) is 0 Å². The molecule has 0 saturated heterocycles. The van der Waals surface area contributed by atoms with Crippen LogP contribution in [0.2, 0.25) is 5.02 Å². The van der Waals surface area contributed by atoms with Crippen molar-refractivity contribution in [3.63, 3.8) is 0 Å². The molecule has 0 aromatic heterocycles. The molecule has 0 aliphatic heterocycles. The quantitative estimate of drug-likeness (QED) is 0.486. The molecule has 1 unspecified atom stereocenters. The number of rotatable bonds is 11. The predicted octanol–water partition coefficient (Wildman–Crippen LogP) is 3.28. The van der Waals surface area contributed by atoms with E-state index < -0.39 is 34.5 Å². The van der Waals surface area contributed by atoms with Crippen molar-refractivity contribution in [1.29, 1.82) is 0 Å². The molecule has 2 aromatic rings. The van der Waals surface area contributed by atoms with Crippen molar-refractivity contribution in [3.05, 3.63) is 64.9 Å². The van der Waals surface area contributed by atoms with E-state index in [9.17, 15) is 22.4 Å². The maximum atomic E-state index is 13.5. The van der Waals surface area contributed by atoms with E-state index in [1.54, 1.807) is 31.2 Å².